The van der Waals surface area contributed by atoms with Crippen molar-refractivity contribution < 1.29 is 18.8 Å². The molecule has 2 rings (SSSR count). The van der Waals surface area contributed by atoms with Crippen molar-refractivity contribution in [2.45, 2.75) is 103 Å². The Labute approximate surface area is 233 Å². The predicted molar refractivity (Wildman–Crippen MR) is 159 cm³/mol. The van der Waals surface area contributed by atoms with Crippen LogP contribution in [0.15, 0.2) is 54.6 Å². The SMILES string of the molecule is CCCCCCCCCCCCCCc1ccccc1OCCOC(=O)CC[N+](C)(C)Cc1ccccc1. The van der Waals surface area contributed by atoms with Gasteiger partial charge in [-0.05, 0) is 24.5 Å². The minimum absolute atomic E-state index is 0.155. The van der Waals surface area contributed by atoms with Crippen molar-refractivity contribution in [3.63, 3.8) is 0 Å². The first-order chi connectivity index (χ1) is 18.5. The molecule has 0 aromatic heterocycles. The Hall–Kier alpha value is -2.33. The second kappa shape index (κ2) is 19.7. The number of benzene rings is 2. The van der Waals surface area contributed by atoms with Gasteiger partial charge in [0.2, 0.25) is 0 Å². The minimum Gasteiger partial charge on any atom is -0.490 e. The van der Waals surface area contributed by atoms with Crippen molar-refractivity contribution in [2.75, 3.05) is 33.9 Å². The van der Waals surface area contributed by atoms with Gasteiger partial charge in [0, 0.05) is 5.56 Å². The lowest BCUT2D eigenvalue weighted by atomic mass is 10.0. The van der Waals surface area contributed by atoms with Crippen LogP contribution in [0.2, 0.25) is 0 Å². The van der Waals surface area contributed by atoms with E-state index in [2.05, 4.69) is 57.4 Å². The number of hydrogen-bond acceptors (Lipinski definition) is 3. The van der Waals surface area contributed by atoms with Crippen molar-refractivity contribution >= 4 is 5.97 Å². The summed E-state index contributed by atoms with van der Waals surface area (Å²) < 4.78 is 12.2. The first-order valence-electron chi connectivity index (χ1n) is 15.2. The number of carbonyl (C=O) groups is 1. The first kappa shape index (κ1) is 31.9. The molecule has 4 heteroatoms. The quantitative estimate of drug-likeness (QED) is 0.0879. The second-order valence-corrected chi connectivity index (χ2v) is 11.4. The molecule has 0 radical (unpaired) electrons. The van der Waals surface area contributed by atoms with E-state index in [4.69, 9.17) is 9.47 Å². The molecule has 2 aromatic carbocycles. The number of nitrogens with zero attached hydrogens (tertiary/aromatic N) is 1. The lowest BCUT2D eigenvalue weighted by Crippen LogP contribution is -2.40. The lowest BCUT2D eigenvalue weighted by molar-refractivity contribution is -0.903. The van der Waals surface area contributed by atoms with Crippen LogP contribution in [0.3, 0.4) is 0 Å². The molecule has 0 fully saturated rings. The third-order valence-electron chi connectivity index (χ3n) is 7.25. The number of esters is 1. The number of rotatable bonds is 22. The Morgan fingerprint density at radius 2 is 1.29 bits per heavy atom. The number of hydrogen-bond donors (Lipinski definition) is 0. The normalized spacial score (nSPS) is 11.4. The van der Waals surface area contributed by atoms with Crippen LogP contribution in [-0.2, 0) is 22.5 Å². The van der Waals surface area contributed by atoms with Gasteiger partial charge in [-0.25, -0.2) is 0 Å². The maximum atomic E-state index is 12.3. The van der Waals surface area contributed by atoms with E-state index < -0.39 is 0 Å². The number of carbonyl (C=O) groups excluding carboxylic acids is 1. The molecule has 0 aliphatic carbocycles. The minimum atomic E-state index is -0.155. The molecule has 2 aromatic rings. The molecule has 0 saturated carbocycles. The van der Waals surface area contributed by atoms with E-state index in [-0.39, 0.29) is 12.6 Å². The average molecular weight is 525 g/mol. The van der Waals surface area contributed by atoms with Gasteiger partial charge in [-0.1, -0.05) is 126 Å². The fourth-order valence-corrected chi connectivity index (χ4v) is 4.94. The van der Waals surface area contributed by atoms with Crippen molar-refractivity contribution in [3.8, 4) is 5.75 Å². The summed E-state index contributed by atoms with van der Waals surface area (Å²) >= 11 is 0. The molecule has 0 bridgehead atoms. The highest BCUT2D eigenvalue weighted by Gasteiger charge is 2.18. The lowest BCUT2D eigenvalue weighted by Gasteiger charge is -2.29. The van der Waals surface area contributed by atoms with Gasteiger partial charge in [-0.2, -0.15) is 0 Å². The summed E-state index contributed by atoms with van der Waals surface area (Å²) in [6.07, 6.45) is 17.8. The van der Waals surface area contributed by atoms with Gasteiger partial charge in [0.05, 0.1) is 27.1 Å². The van der Waals surface area contributed by atoms with Crippen LogP contribution in [0.25, 0.3) is 0 Å². The van der Waals surface area contributed by atoms with Gasteiger partial charge in [-0.15, -0.1) is 0 Å². The van der Waals surface area contributed by atoms with Crippen molar-refractivity contribution in [3.05, 3.63) is 65.7 Å². The van der Waals surface area contributed by atoms with Crippen LogP contribution in [0.1, 0.15) is 102 Å². The molecule has 0 aliphatic heterocycles. The van der Waals surface area contributed by atoms with Crippen LogP contribution in [0, 0.1) is 0 Å². The summed E-state index contributed by atoms with van der Waals surface area (Å²) in [7, 11) is 4.30. The van der Waals surface area contributed by atoms with E-state index in [0.29, 0.717) is 13.0 Å². The molecule has 38 heavy (non-hydrogen) atoms. The Morgan fingerprint density at radius 1 is 0.711 bits per heavy atom. The van der Waals surface area contributed by atoms with E-state index in [1.807, 2.05) is 18.2 Å². The molecule has 0 heterocycles. The zero-order chi connectivity index (χ0) is 27.3. The summed E-state index contributed by atoms with van der Waals surface area (Å²) in [5.41, 5.74) is 2.53. The highest BCUT2D eigenvalue weighted by Crippen LogP contribution is 2.21. The van der Waals surface area contributed by atoms with Gasteiger partial charge < -0.3 is 14.0 Å². The second-order valence-electron chi connectivity index (χ2n) is 11.4. The molecule has 0 atom stereocenters. The zero-order valence-corrected chi connectivity index (χ0v) is 24.6. The highest BCUT2D eigenvalue weighted by atomic mass is 16.6. The molecule has 0 aliphatic rings. The highest BCUT2D eigenvalue weighted by molar-refractivity contribution is 5.69. The number of para-hydroxylation sites is 1. The van der Waals surface area contributed by atoms with E-state index in [9.17, 15) is 4.79 Å². The Kier molecular flexibility index (Phi) is 16.5. The summed E-state index contributed by atoms with van der Waals surface area (Å²) in [5.74, 6) is 0.768. The molecule has 0 N–H and O–H groups in total. The van der Waals surface area contributed by atoms with Gasteiger partial charge in [0.25, 0.3) is 0 Å². The van der Waals surface area contributed by atoms with Crippen LogP contribution in [-0.4, -0.2) is 44.3 Å². The Morgan fingerprint density at radius 3 is 1.95 bits per heavy atom. The molecular weight excluding hydrogens is 470 g/mol. The fourth-order valence-electron chi connectivity index (χ4n) is 4.94. The fraction of sp³-hybridized carbons (Fsp3) is 0.618. The molecular formula is C34H54NO3+. The van der Waals surface area contributed by atoms with Gasteiger partial charge in [-0.3, -0.25) is 4.79 Å². The summed E-state index contributed by atoms with van der Waals surface area (Å²) in [6, 6.07) is 18.7. The molecule has 0 spiro atoms. The summed E-state index contributed by atoms with van der Waals surface area (Å²) in [5, 5.41) is 0. The monoisotopic (exact) mass is 524 g/mol. The Balaban J connectivity index is 1.53. The van der Waals surface area contributed by atoms with Crippen LogP contribution < -0.4 is 4.74 Å². The summed E-state index contributed by atoms with van der Waals surface area (Å²) in [4.78, 5) is 12.3. The molecule has 212 valence electrons. The molecule has 0 unspecified atom stereocenters. The van der Waals surface area contributed by atoms with Crippen LogP contribution in [0.4, 0.5) is 0 Å². The smallest absolute Gasteiger partial charge is 0.311 e. The maximum Gasteiger partial charge on any atom is 0.311 e. The largest absolute Gasteiger partial charge is 0.490 e. The standard InChI is InChI=1S/C34H54NO3/c1-4-5-6-7-8-9-10-11-12-13-14-18-23-32-24-19-20-25-33(32)37-28-29-38-34(36)26-27-35(2,3)30-31-21-16-15-17-22-31/h15-17,19-22,24-25H,4-14,18,23,26-30H2,1-3H3/q+1. The molecule has 4 nitrogen and oxygen atoms in total. The van der Waals surface area contributed by atoms with E-state index in [0.717, 1.165) is 29.7 Å². The zero-order valence-electron chi connectivity index (χ0n) is 24.6. The van der Waals surface area contributed by atoms with Crippen molar-refractivity contribution in [1.29, 1.82) is 0 Å². The van der Waals surface area contributed by atoms with E-state index in [1.165, 1.54) is 88.2 Å². The predicted octanol–water partition coefficient (Wildman–Crippen LogP) is 8.52. The molecule has 0 saturated heterocycles. The van der Waals surface area contributed by atoms with Crippen LogP contribution >= 0.6 is 0 Å². The number of aryl methyl sites for hydroxylation is 1. The van der Waals surface area contributed by atoms with E-state index in [1.54, 1.807) is 0 Å². The van der Waals surface area contributed by atoms with Crippen molar-refractivity contribution in [2.24, 2.45) is 0 Å². The summed E-state index contributed by atoms with van der Waals surface area (Å²) in [6.45, 7) is 4.60. The molecule has 0 amide bonds. The first-order valence-corrected chi connectivity index (χ1v) is 15.2. The third-order valence-corrected chi connectivity index (χ3v) is 7.25. The van der Waals surface area contributed by atoms with Crippen LogP contribution in [0.5, 0.6) is 5.75 Å². The average Bonchev–Trinajstić information content (AvgIpc) is 2.91. The number of unbranched alkanes of at least 4 members (excludes halogenated alkanes) is 11. The third kappa shape index (κ3) is 15.2. The van der Waals surface area contributed by atoms with Gasteiger partial charge >= 0.3 is 5.97 Å². The number of ether oxygens (including phenoxy) is 2. The Bertz CT molecular complexity index is 865. The maximum absolute atomic E-state index is 12.3. The van der Waals surface area contributed by atoms with Crippen molar-refractivity contribution in [1.82, 2.24) is 0 Å². The topological polar surface area (TPSA) is 35.5 Å². The van der Waals surface area contributed by atoms with E-state index >= 15 is 0 Å². The number of quaternary nitrogens is 1. The van der Waals surface area contributed by atoms with Gasteiger partial charge in [0.15, 0.2) is 0 Å². The van der Waals surface area contributed by atoms with Gasteiger partial charge in [0.1, 0.15) is 25.5 Å².